The summed E-state index contributed by atoms with van der Waals surface area (Å²) in [5.74, 6) is 0. The zero-order valence-corrected chi connectivity index (χ0v) is 10.2. The summed E-state index contributed by atoms with van der Waals surface area (Å²) in [5.41, 5.74) is 1.45. The highest BCUT2D eigenvalue weighted by molar-refractivity contribution is 6.17. The van der Waals surface area contributed by atoms with Crippen molar-refractivity contribution in [1.82, 2.24) is 4.90 Å². The third-order valence-electron chi connectivity index (χ3n) is 4.16. The van der Waals surface area contributed by atoms with Crippen LogP contribution in [-0.2, 0) is 0 Å². The summed E-state index contributed by atoms with van der Waals surface area (Å²) < 4.78 is 1.11. The van der Waals surface area contributed by atoms with Crippen molar-refractivity contribution in [3.8, 4) is 0 Å². The van der Waals surface area contributed by atoms with Crippen LogP contribution in [0.3, 0.4) is 0 Å². The minimum absolute atomic E-state index is 0.586. The van der Waals surface area contributed by atoms with E-state index in [-0.39, 0.29) is 0 Å². The van der Waals surface area contributed by atoms with E-state index in [2.05, 4.69) is 35.2 Å². The van der Waals surface area contributed by atoms with Gasteiger partial charge in [-0.25, -0.2) is 0 Å². The molecule has 1 aromatic rings. The number of benzene rings is 1. The van der Waals surface area contributed by atoms with Crippen LogP contribution >= 0.6 is 11.6 Å². The van der Waals surface area contributed by atoms with Gasteiger partial charge in [0.2, 0.25) is 0 Å². The number of hydrogen-bond donors (Lipinski definition) is 0. The number of halogens is 1. The lowest BCUT2D eigenvalue weighted by molar-refractivity contribution is -0.935. The van der Waals surface area contributed by atoms with Crippen molar-refractivity contribution in [1.29, 1.82) is 0 Å². The zero-order valence-electron chi connectivity index (χ0n) is 9.48. The second-order valence-electron chi connectivity index (χ2n) is 5.05. The van der Waals surface area contributed by atoms with Crippen LogP contribution in [0.4, 0.5) is 0 Å². The zero-order chi connectivity index (χ0) is 11.0. The molecule has 3 aliphatic rings. The van der Waals surface area contributed by atoms with Gasteiger partial charge in [-0.05, 0) is 5.56 Å². The predicted octanol–water partition coefficient (Wildman–Crippen LogP) is 2.07. The second kappa shape index (κ2) is 4.02. The minimum atomic E-state index is 0.586. The van der Waals surface area contributed by atoms with Gasteiger partial charge in [0.05, 0.1) is 25.7 Å². The van der Waals surface area contributed by atoms with Crippen molar-refractivity contribution in [2.45, 2.75) is 6.04 Å². The molecule has 0 amide bonds. The van der Waals surface area contributed by atoms with Crippen LogP contribution in [0.15, 0.2) is 30.3 Å². The first-order chi connectivity index (χ1) is 7.83. The van der Waals surface area contributed by atoms with Crippen molar-refractivity contribution in [2.24, 2.45) is 0 Å². The molecule has 0 spiro atoms. The standard InChI is InChI=1S/C13H18ClN2/c14-11-16-8-6-15(7-9-16)13(10-16)12-4-2-1-3-5-12/h1-5,13H,6-11H2/q+1/t13-/m0/s1. The summed E-state index contributed by atoms with van der Waals surface area (Å²) in [6.45, 7) is 6.05. The molecule has 3 heterocycles. The first-order valence-electron chi connectivity index (χ1n) is 6.03. The van der Waals surface area contributed by atoms with Crippen LogP contribution in [0.1, 0.15) is 11.6 Å². The second-order valence-corrected chi connectivity index (χ2v) is 5.29. The van der Waals surface area contributed by atoms with E-state index in [4.69, 9.17) is 11.6 Å². The molecule has 2 nitrogen and oxygen atoms in total. The van der Waals surface area contributed by atoms with Crippen LogP contribution < -0.4 is 0 Å². The Morgan fingerprint density at radius 3 is 2.50 bits per heavy atom. The lowest BCUT2D eigenvalue weighted by Crippen LogP contribution is -2.67. The fourth-order valence-electron chi connectivity index (χ4n) is 3.04. The van der Waals surface area contributed by atoms with Gasteiger partial charge in [0.15, 0.2) is 6.00 Å². The molecule has 16 heavy (non-hydrogen) atoms. The maximum atomic E-state index is 6.17. The quantitative estimate of drug-likeness (QED) is 0.433. The minimum Gasteiger partial charge on any atom is -0.307 e. The number of hydrogen-bond acceptors (Lipinski definition) is 1. The van der Waals surface area contributed by atoms with E-state index >= 15 is 0 Å². The highest BCUT2D eigenvalue weighted by Gasteiger charge is 2.44. The Labute approximate surface area is 102 Å². The summed E-state index contributed by atoms with van der Waals surface area (Å²) in [5, 5.41) is 0. The Morgan fingerprint density at radius 1 is 1.19 bits per heavy atom. The number of alkyl halides is 1. The first kappa shape index (κ1) is 10.6. The number of quaternary nitrogens is 1. The largest absolute Gasteiger partial charge is 0.307 e. The number of fused-ring (bicyclic) bond motifs is 3. The van der Waals surface area contributed by atoms with E-state index in [0.717, 1.165) is 10.5 Å². The molecular weight excluding hydrogens is 220 g/mol. The molecule has 3 aliphatic heterocycles. The van der Waals surface area contributed by atoms with Crippen LogP contribution in [0.25, 0.3) is 0 Å². The lowest BCUT2D eigenvalue weighted by atomic mass is 9.98. The predicted molar refractivity (Wildman–Crippen MR) is 66.3 cm³/mol. The van der Waals surface area contributed by atoms with Gasteiger partial charge in [0.1, 0.15) is 0 Å². The smallest absolute Gasteiger partial charge is 0.155 e. The van der Waals surface area contributed by atoms with E-state index in [1.165, 1.54) is 38.3 Å². The number of rotatable bonds is 2. The molecule has 0 unspecified atom stereocenters. The van der Waals surface area contributed by atoms with Crippen LogP contribution in [-0.4, -0.2) is 48.1 Å². The molecule has 3 fully saturated rings. The third-order valence-corrected chi connectivity index (χ3v) is 4.67. The molecule has 0 radical (unpaired) electrons. The van der Waals surface area contributed by atoms with Gasteiger partial charge in [-0.1, -0.05) is 41.9 Å². The van der Waals surface area contributed by atoms with E-state index < -0.39 is 0 Å². The monoisotopic (exact) mass is 237 g/mol. The Morgan fingerprint density at radius 2 is 1.88 bits per heavy atom. The molecule has 0 N–H and O–H groups in total. The van der Waals surface area contributed by atoms with E-state index in [9.17, 15) is 0 Å². The Bertz CT molecular complexity index is 357. The van der Waals surface area contributed by atoms with Gasteiger partial charge >= 0.3 is 0 Å². The van der Waals surface area contributed by atoms with Crippen molar-refractivity contribution in [3.05, 3.63) is 35.9 Å². The Kier molecular flexibility index (Phi) is 2.66. The molecule has 1 aromatic carbocycles. The molecule has 2 bridgehead atoms. The van der Waals surface area contributed by atoms with Crippen LogP contribution in [0, 0.1) is 0 Å². The summed E-state index contributed by atoms with van der Waals surface area (Å²) in [6, 6.07) is 12.2. The summed E-state index contributed by atoms with van der Waals surface area (Å²) >= 11 is 6.17. The highest BCUT2D eigenvalue weighted by Crippen LogP contribution is 2.33. The average Bonchev–Trinajstić information content (AvgIpc) is 2.41. The molecule has 1 atom stereocenters. The third kappa shape index (κ3) is 1.65. The fraction of sp³-hybridized carbons (Fsp3) is 0.538. The normalized spacial score (nSPS) is 37.6. The topological polar surface area (TPSA) is 3.24 Å². The molecule has 3 saturated heterocycles. The molecule has 86 valence electrons. The maximum absolute atomic E-state index is 6.17. The molecule has 0 aliphatic carbocycles. The molecule has 4 rings (SSSR count). The highest BCUT2D eigenvalue weighted by atomic mass is 35.5. The van der Waals surface area contributed by atoms with Gasteiger partial charge in [-0.15, -0.1) is 0 Å². The average molecular weight is 238 g/mol. The SMILES string of the molecule is ClC[N+]12CCN(CC1)[C@H](c1ccccc1)C2. The van der Waals surface area contributed by atoms with Gasteiger partial charge in [-0.2, -0.15) is 0 Å². The molecule has 3 heteroatoms. The van der Waals surface area contributed by atoms with Crippen LogP contribution in [0.5, 0.6) is 0 Å². The van der Waals surface area contributed by atoms with E-state index in [0.29, 0.717) is 6.04 Å². The van der Waals surface area contributed by atoms with Gasteiger partial charge in [-0.3, -0.25) is 4.90 Å². The van der Waals surface area contributed by atoms with Crippen molar-refractivity contribution in [3.63, 3.8) is 0 Å². The molecule has 0 saturated carbocycles. The first-order valence-corrected chi connectivity index (χ1v) is 6.56. The number of nitrogens with zero attached hydrogens (tertiary/aromatic N) is 2. The summed E-state index contributed by atoms with van der Waals surface area (Å²) in [6.07, 6.45) is 0. The number of piperazine rings is 3. The molecule has 0 aromatic heterocycles. The Balaban J connectivity index is 1.88. The van der Waals surface area contributed by atoms with Gasteiger partial charge in [0, 0.05) is 13.1 Å². The Hall–Kier alpha value is -0.570. The van der Waals surface area contributed by atoms with Gasteiger partial charge < -0.3 is 4.48 Å². The summed E-state index contributed by atoms with van der Waals surface area (Å²) in [7, 11) is 0. The maximum Gasteiger partial charge on any atom is 0.155 e. The van der Waals surface area contributed by atoms with Crippen molar-refractivity contribution >= 4 is 11.6 Å². The summed E-state index contributed by atoms with van der Waals surface area (Å²) in [4.78, 5) is 2.61. The fourth-order valence-corrected chi connectivity index (χ4v) is 3.38. The molecular formula is C13H18ClN2+. The van der Waals surface area contributed by atoms with Crippen molar-refractivity contribution < 1.29 is 4.48 Å². The van der Waals surface area contributed by atoms with Crippen molar-refractivity contribution in [2.75, 3.05) is 38.7 Å². The van der Waals surface area contributed by atoms with E-state index in [1.54, 1.807) is 0 Å². The van der Waals surface area contributed by atoms with Crippen LogP contribution in [0.2, 0.25) is 0 Å². The van der Waals surface area contributed by atoms with Gasteiger partial charge in [0.25, 0.3) is 0 Å². The van der Waals surface area contributed by atoms with E-state index in [1.807, 2.05) is 0 Å². The lowest BCUT2D eigenvalue weighted by Gasteiger charge is -2.53.